The van der Waals surface area contributed by atoms with Crippen LogP contribution in [0.3, 0.4) is 0 Å². The average Bonchev–Trinajstić information content (AvgIpc) is 3.33. The average molecular weight is 661 g/mol. The van der Waals surface area contributed by atoms with Crippen molar-refractivity contribution in [2.45, 2.75) is 77.9 Å². The molecule has 1 unspecified atom stereocenters. The number of pyridine rings is 1. The molecular weight excluding hydrogens is 629 g/mol. The van der Waals surface area contributed by atoms with E-state index < -0.39 is 71.6 Å². The van der Waals surface area contributed by atoms with Crippen LogP contribution < -0.4 is 0 Å². The maximum atomic E-state index is 14.5. The number of hydrogen-bond donors (Lipinski definition) is 1. The molecule has 0 aliphatic heterocycles. The quantitative estimate of drug-likeness (QED) is 0.229. The van der Waals surface area contributed by atoms with Crippen molar-refractivity contribution < 1.29 is 45.8 Å². The number of esters is 1. The highest BCUT2D eigenvalue weighted by Gasteiger charge is 2.50. The number of carbonyl (C=O) groups is 2. The van der Waals surface area contributed by atoms with Gasteiger partial charge >= 0.3 is 18.3 Å². The molecule has 2 aromatic rings. The van der Waals surface area contributed by atoms with Crippen molar-refractivity contribution in [3.8, 4) is 0 Å². The van der Waals surface area contributed by atoms with Crippen LogP contribution in [0.2, 0.25) is 10.0 Å². The zero-order valence-corrected chi connectivity index (χ0v) is 25.3. The van der Waals surface area contributed by atoms with Crippen LogP contribution in [-0.2, 0) is 15.7 Å². The van der Waals surface area contributed by atoms with E-state index in [1.807, 2.05) is 0 Å². The minimum atomic E-state index is -5.12. The van der Waals surface area contributed by atoms with Crippen LogP contribution in [0.15, 0.2) is 18.6 Å². The lowest BCUT2D eigenvalue weighted by Gasteiger charge is -2.36. The summed E-state index contributed by atoms with van der Waals surface area (Å²) in [5.74, 6) is -1.89. The van der Waals surface area contributed by atoms with Crippen LogP contribution in [0.25, 0.3) is 0 Å². The molecular formula is C27H32Cl2F6N4O4. The number of carbonyl (C=O) groups excluding carboxylic acids is 2. The molecule has 1 aliphatic rings. The Morgan fingerprint density at radius 3 is 2.16 bits per heavy atom. The number of hydrogen-bond acceptors (Lipinski definition) is 6. The van der Waals surface area contributed by atoms with E-state index in [0.717, 1.165) is 26.2 Å². The standard InChI is InChI=1S/C27H32Cl2F6N4O4/c1-5-43-23(42)25(4)8-6-15(7-9-25)39-21(26(30,31)32)16(10-37-39)22(41)38(14-24(2,3)27(33,34)35)13-19(40)20-17(28)11-36-12-18(20)29/h10-12,15,19,40H,5-9,13-14H2,1-4H3/t15-,19?,25-. The molecule has 0 radical (unpaired) electrons. The Hall–Kier alpha value is -2.58. The predicted molar refractivity (Wildman–Crippen MR) is 144 cm³/mol. The van der Waals surface area contributed by atoms with Gasteiger partial charge in [0.2, 0.25) is 0 Å². The first-order valence-electron chi connectivity index (χ1n) is 13.4. The summed E-state index contributed by atoms with van der Waals surface area (Å²) in [4.78, 5) is 30.3. The summed E-state index contributed by atoms with van der Waals surface area (Å²) in [6, 6.07) is -0.847. The number of nitrogens with zero attached hydrogens (tertiary/aromatic N) is 4. The highest BCUT2D eigenvalue weighted by atomic mass is 35.5. The molecule has 3 rings (SSSR count). The van der Waals surface area contributed by atoms with Gasteiger partial charge in [0.1, 0.15) is 0 Å². The smallest absolute Gasteiger partial charge is 0.433 e. The second kappa shape index (κ2) is 12.8. The summed E-state index contributed by atoms with van der Waals surface area (Å²) in [5.41, 5.74) is -6.05. The Morgan fingerprint density at radius 1 is 1.12 bits per heavy atom. The lowest BCUT2D eigenvalue weighted by molar-refractivity contribution is -0.215. The molecule has 240 valence electrons. The topological polar surface area (TPSA) is 97.6 Å². The van der Waals surface area contributed by atoms with Gasteiger partial charge in [-0.1, -0.05) is 23.2 Å². The Kier molecular flexibility index (Phi) is 10.4. The van der Waals surface area contributed by atoms with Crippen molar-refractivity contribution in [1.29, 1.82) is 0 Å². The SMILES string of the molecule is CCOC(=O)[C@]1(C)CC[C@@H](n2ncc(C(=O)N(CC(O)c3c(Cl)cncc3Cl)CC(C)(C)C(F)(F)F)c2C(F)(F)F)CC1. The maximum absolute atomic E-state index is 14.5. The van der Waals surface area contributed by atoms with Gasteiger partial charge in [-0.3, -0.25) is 19.3 Å². The van der Waals surface area contributed by atoms with Crippen molar-refractivity contribution in [1.82, 2.24) is 19.7 Å². The van der Waals surface area contributed by atoms with E-state index >= 15 is 0 Å². The third-order valence-electron chi connectivity index (χ3n) is 7.72. The third-order valence-corrected chi connectivity index (χ3v) is 8.33. The zero-order chi connectivity index (χ0) is 32.5. The summed E-state index contributed by atoms with van der Waals surface area (Å²) in [7, 11) is 0. The minimum Gasteiger partial charge on any atom is -0.466 e. The van der Waals surface area contributed by atoms with Crippen LogP contribution in [0, 0.1) is 10.8 Å². The van der Waals surface area contributed by atoms with E-state index in [4.69, 9.17) is 27.9 Å². The summed E-state index contributed by atoms with van der Waals surface area (Å²) >= 11 is 12.1. The van der Waals surface area contributed by atoms with Crippen LogP contribution in [-0.4, -0.2) is 62.5 Å². The van der Waals surface area contributed by atoms with Crippen molar-refractivity contribution in [3.05, 3.63) is 45.5 Å². The highest BCUT2D eigenvalue weighted by molar-refractivity contribution is 6.35. The lowest BCUT2D eigenvalue weighted by atomic mass is 9.74. The highest BCUT2D eigenvalue weighted by Crippen LogP contribution is 2.45. The Bertz CT molecular complexity index is 1300. The second-order valence-electron chi connectivity index (χ2n) is 11.5. The minimum absolute atomic E-state index is 0.107. The number of aliphatic hydroxyl groups excluding tert-OH is 1. The summed E-state index contributed by atoms with van der Waals surface area (Å²) < 4.78 is 90.8. The van der Waals surface area contributed by atoms with Gasteiger partial charge in [0.15, 0.2) is 5.69 Å². The first-order chi connectivity index (χ1) is 19.7. The van der Waals surface area contributed by atoms with Crippen molar-refractivity contribution >= 4 is 35.1 Å². The fourth-order valence-corrected chi connectivity index (χ4v) is 5.68. The van der Waals surface area contributed by atoms with Crippen molar-refractivity contribution in [3.63, 3.8) is 0 Å². The normalized spacial score (nSPS) is 20.5. The molecule has 1 atom stereocenters. The molecule has 16 heteroatoms. The largest absolute Gasteiger partial charge is 0.466 e. The Balaban J connectivity index is 2.01. The van der Waals surface area contributed by atoms with Gasteiger partial charge in [-0.15, -0.1) is 0 Å². The van der Waals surface area contributed by atoms with E-state index in [2.05, 4.69) is 10.1 Å². The first kappa shape index (κ1) is 34.9. The molecule has 0 bridgehead atoms. The van der Waals surface area contributed by atoms with Crippen LogP contribution >= 0.6 is 23.2 Å². The number of rotatable bonds is 9. The molecule has 2 heterocycles. The van der Waals surface area contributed by atoms with Gasteiger partial charge in [-0.25, -0.2) is 0 Å². The fourth-order valence-electron chi connectivity index (χ4n) is 5.07. The number of aromatic nitrogens is 3. The molecule has 1 amide bonds. The van der Waals surface area contributed by atoms with Gasteiger partial charge < -0.3 is 14.7 Å². The van der Waals surface area contributed by atoms with Gasteiger partial charge in [-0.05, 0) is 53.4 Å². The van der Waals surface area contributed by atoms with Gasteiger partial charge in [0, 0.05) is 24.5 Å². The van der Waals surface area contributed by atoms with Crippen molar-refractivity contribution in [2.75, 3.05) is 19.7 Å². The number of halogens is 8. The molecule has 0 saturated heterocycles. The molecule has 1 saturated carbocycles. The van der Waals surface area contributed by atoms with Crippen LogP contribution in [0.4, 0.5) is 26.3 Å². The van der Waals surface area contributed by atoms with E-state index in [9.17, 15) is 41.0 Å². The summed E-state index contributed by atoms with van der Waals surface area (Å²) in [6.07, 6.45) is -8.24. The second-order valence-corrected chi connectivity index (χ2v) is 12.3. The first-order valence-corrected chi connectivity index (χ1v) is 14.1. The summed E-state index contributed by atoms with van der Waals surface area (Å²) in [6.45, 7) is 3.05. The van der Waals surface area contributed by atoms with E-state index in [0.29, 0.717) is 15.8 Å². The van der Waals surface area contributed by atoms with Crippen molar-refractivity contribution in [2.24, 2.45) is 10.8 Å². The number of aliphatic hydroxyl groups is 1. The third kappa shape index (κ3) is 7.56. The molecule has 1 fully saturated rings. The lowest BCUT2D eigenvalue weighted by Crippen LogP contribution is -2.47. The maximum Gasteiger partial charge on any atom is 0.433 e. The number of alkyl halides is 6. The molecule has 2 aromatic heterocycles. The monoisotopic (exact) mass is 660 g/mol. The Morgan fingerprint density at radius 2 is 1.67 bits per heavy atom. The molecule has 43 heavy (non-hydrogen) atoms. The number of ether oxygens (including phenoxy) is 1. The molecule has 0 spiro atoms. The predicted octanol–water partition coefficient (Wildman–Crippen LogP) is 7.05. The van der Waals surface area contributed by atoms with Gasteiger partial charge in [0.25, 0.3) is 5.91 Å². The van der Waals surface area contributed by atoms with E-state index in [1.54, 1.807) is 13.8 Å². The van der Waals surface area contributed by atoms with Gasteiger partial charge in [0.05, 0.1) is 57.9 Å². The molecule has 1 N–H and O–H groups in total. The molecule has 0 aromatic carbocycles. The molecule has 8 nitrogen and oxygen atoms in total. The summed E-state index contributed by atoms with van der Waals surface area (Å²) in [5, 5.41) is 14.4. The number of amides is 1. The zero-order valence-electron chi connectivity index (χ0n) is 23.8. The van der Waals surface area contributed by atoms with Crippen LogP contribution in [0.5, 0.6) is 0 Å². The van der Waals surface area contributed by atoms with Gasteiger partial charge in [-0.2, -0.15) is 31.4 Å². The fraction of sp³-hybridized carbons (Fsp3) is 0.630. The Labute approximate surface area is 254 Å². The van der Waals surface area contributed by atoms with Crippen LogP contribution in [0.1, 0.15) is 87.1 Å². The van der Waals surface area contributed by atoms with E-state index in [1.165, 1.54) is 0 Å². The molecule has 1 aliphatic carbocycles. The van der Waals surface area contributed by atoms with E-state index in [-0.39, 0.29) is 47.9 Å².